The molecule has 2 bridgehead atoms. The van der Waals surface area contributed by atoms with Gasteiger partial charge in [0, 0.05) is 5.56 Å². The van der Waals surface area contributed by atoms with Crippen molar-refractivity contribution >= 4 is 0 Å². The Hall–Kier alpha value is -1.02. The molecule has 2 heteroatoms. The summed E-state index contributed by atoms with van der Waals surface area (Å²) in [7, 11) is 0. The van der Waals surface area contributed by atoms with Crippen LogP contribution in [0.2, 0.25) is 0 Å². The highest BCUT2D eigenvalue weighted by molar-refractivity contribution is 5.38. The van der Waals surface area contributed by atoms with Crippen molar-refractivity contribution in [1.82, 2.24) is 0 Å². The predicted molar refractivity (Wildman–Crippen MR) is 53.1 cm³/mol. The molecule has 1 heterocycles. The summed E-state index contributed by atoms with van der Waals surface area (Å²) < 4.78 is 5.85. The van der Waals surface area contributed by atoms with Gasteiger partial charge in [-0.1, -0.05) is 18.2 Å². The normalized spacial score (nSPS) is 35.0. The van der Waals surface area contributed by atoms with E-state index in [0.717, 1.165) is 30.9 Å². The summed E-state index contributed by atoms with van der Waals surface area (Å²) >= 11 is 0. The van der Waals surface area contributed by atoms with Crippen molar-refractivity contribution < 1.29 is 9.84 Å². The van der Waals surface area contributed by atoms with Crippen LogP contribution >= 0.6 is 0 Å². The molecule has 2 aliphatic rings. The lowest BCUT2D eigenvalue weighted by Gasteiger charge is -2.27. The third kappa shape index (κ3) is 1.01. The molecule has 1 aliphatic heterocycles. The number of benzene rings is 1. The minimum absolute atomic E-state index is 0.157. The molecular formula is C12H14O2. The largest absolute Gasteiger partial charge is 0.508 e. The number of ether oxygens (including phenoxy) is 1. The lowest BCUT2D eigenvalue weighted by Crippen LogP contribution is -2.23. The van der Waals surface area contributed by atoms with Gasteiger partial charge in [-0.15, -0.1) is 0 Å². The third-order valence-electron chi connectivity index (χ3n) is 3.57. The Balaban J connectivity index is 2.06. The highest BCUT2D eigenvalue weighted by atomic mass is 16.5. The summed E-state index contributed by atoms with van der Waals surface area (Å²) in [6.07, 6.45) is 3.40. The highest BCUT2D eigenvalue weighted by Gasteiger charge is 2.48. The van der Waals surface area contributed by atoms with Gasteiger partial charge in [0.1, 0.15) is 5.75 Å². The number of hydrogen-bond donors (Lipinski definition) is 1. The highest BCUT2D eigenvalue weighted by Crippen LogP contribution is 2.52. The Morgan fingerprint density at radius 3 is 2.79 bits per heavy atom. The van der Waals surface area contributed by atoms with E-state index in [9.17, 15) is 5.11 Å². The lowest BCUT2D eigenvalue weighted by molar-refractivity contribution is -0.0222. The van der Waals surface area contributed by atoms with Gasteiger partial charge in [-0.3, -0.25) is 0 Å². The fourth-order valence-electron chi connectivity index (χ4n) is 2.84. The van der Waals surface area contributed by atoms with Crippen LogP contribution in [0.4, 0.5) is 0 Å². The first-order valence-corrected chi connectivity index (χ1v) is 5.23. The molecule has 1 aromatic rings. The Labute approximate surface area is 83.5 Å². The fourth-order valence-corrected chi connectivity index (χ4v) is 2.84. The summed E-state index contributed by atoms with van der Waals surface area (Å²) in [6.45, 7) is 0.869. The molecule has 0 amide bonds. The summed E-state index contributed by atoms with van der Waals surface area (Å²) in [5, 5.41) is 9.81. The minimum atomic E-state index is -0.157. The van der Waals surface area contributed by atoms with Gasteiger partial charge < -0.3 is 9.84 Å². The van der Waals surface area contributed by atoms with Gasteiger partial charge in [-0.25, -0.2) is 0 Å². The molecule has 74 valence electrons. The molecule has 1 aliphatic carbocycles. The van der Waals surface area contributed by atoms with Crippen LogP contribution in [0, 0.1) is 5.92 Å². The quantitative estimate of drug-likeness (QED) is 0.737. The maximum Gasteiger partial charge on any atom is 0.121 e. The van der Waals surface area contributed by atoms with Crippen LogP contribution in [0.25, 0.3) is 0 Å². The summed E-state index contributed by atoms with van der Waals surface area (Å²) in [4.78, 5) is 0. The van der Waals surface area contributed by atoms with Gasteiger partial charge in [0.05, 0.1) is 12.2 Å². The second-order valence-electron chi connectivity index (χ2n) is 4.43. The first kappa shape index (κ1) is 8.30. The molecule has 0 radical (unpaired) electrons. The Bertz CT molecular complexity index is 351. The maximum absolute atomic E-state index is 9.81. The van der Waals surface area contributed by atoms with Gasteiger partial charge >= 0.3 is 0 Å². The Morgan fingerprint density at radius 2 is 2.21 bits per heavy atom. The number of phenols is 1. The van der Waals surface area contributed by atoms with Crippen LogP contribution in [-0.4, -0.2) is 11.7 Å². The zero-order chi connectivity index (χ0) is 9.60. The van der Waals surface area contributed by atoms with E-state index in [-0.39, 0.29) is 5.60 Å². The second kappa shape index (κ2) is 2.74. The second-order valence-corrected chi connectivity index (χ2v) is 4.43. The smallest absolute Gasteiger partial charge is 0.121 e. The predicted octanol–water partition coefficient (Wildman–Crippen LogP) is 2.42. The van der Waals surface area contributed by atoms with Crippen LogP contribution in [0.5, 0.6) is 5.75 Å². The molecule has 1 saturated heterocycles. The molecular weight excluding hydrogens is 176 g/mol. The number of para-hydroxylation sites is 1. The van der Waals surface area contributed by atoms with Crippen LogP contribution < -0.4 is 0 Å². The molecule has 2 nitrogen and oxygen atoms in total. The van der Waals surface area contributed by atoms with Crippen molar-refractivity contribution in [2.75, 3.05) is 6.61 Å². The molecule has 2 atom stereocenters. The van der Waals surface area contributed by atoms with E-state index >= 15 is 0 Å². The molecule has 1 N–H and O–H groups in total. The number of aromatic hydroxyl groups is 1. The molecule has 1 aromatic carbocycles. The van der Waals surface area contributed by atoms with Crippen molar-refractivity contribution in [2.45, 2.75) is 24.9 Å². The van der Waals surface area contributed by atoms with Gasteiger partial charge in [0.15, 0.2) is 0 Å². The number of rotatable bonds is 1. The molecule has 0 spiro atoms. The van der Waals surface area contributed by atoms with Crippen molar-refractivity contribution in [2.24, 2.45) is 5.92 Å². The lowest BCUT2D eigenvalue weighted by atomic mass is 9.91. The number of fused-ring (bicyclic) bond motifs is 2. The van der Waals surface area contributed by atoms with Crippen molar-refractivity contribution in [3.05, 3.63) is 29.8 Å². The van der Waals surface area contributed by atoms with E-state index in [1.54, 1.807) is 6.07 Å². The first-order chi connectivity index (χ1) is 6.80. The molecule has 2 fully saturated rings. The number of phenolic OH excluding ortho intramolecular Hbond substituents is 1. The van der Waals surface area contributed by atoms with Gasteiger partial charge in [-0.05, 0) is 31.2 Å². The van der Waals surface area contributed by atoms with E-state index in [1.165, 1.54) is 6.42 Å². The molecule has 14 heavy (non-hydrogen) atoms. The minimum Gasteiger partial charge on any atom is -0.508 e. The number of hydrogen-bond acceptors (Lipinski definition) is 2. The average molecular weight is 190 g/mol. The van der Waals surface area contributed by atoms with Crippen LogP contribution in [-0.2, 0) is 10.3 Å². The van der Waals surface area contributed by atoms with E-state index in [2.05, 4.69) is 0 Å². The topological polar surface area (TPSA) is 29.5 Å². The first-order valence-electron chi connectivity index (χ1n) is 5.23. The van der Waals surface area contributed by atoms with Gasteiger partial charge in [0.2, 0.25) is 0 Å². The monoisotopic (exact) mass is 190 g/mol. The standard InChI is InChI=1S/C12H14O2/c13-11-4-2-1-3-10(11)12-6-5-9(7-12)8-14-12/h1-4,9,13H,5-8H2. The zero-order valence-electron chi connectivity index (χ0n) is 8.07. The molecule has 1 saturated carbocycles. The summed E-state index contributed by atoms with van der Waals surface area (Å²) in [5.74, 6) is 1.10. The molecule has 3 rings (SSSR count). The SMILES string of the molecule is Oc1ccccc1C12CCC(CO1)C2. The van der Waals surface area contributed by atoms with E-state index in [4.69, 9.17) is 4.74 Å². The summed E-state index contributed by atoms with van der Waals surface area (Å²) in [5.41, 5.74) is 0.829. The van der Waals surface area contributed by atoms with Crippen LogP contribution in [0.3, 0.4) is 0 Å². The molecule has 2 unspecified atom stereocenters. The van der Waals surface area contributed by atoms with Crippen molar-refractivity contribution in [3.63, 3.8) is 0 Å². The van der Waals surface area contributed by atoms with Crippen LogP contribution in [0.15, 0.2) is 24.3 Å². The van der Waals surface area contributed by atoms with Crippen molar-refractivity contribution in [3.8, 4) is 5.75 Å². The van der Waals surface area contributed by atoms with Gasteiger partial charge in [-0.2, -0.15) is 0 Å². The third-order valence-corrected chi connectivity index (χ3v) is 3.57. The summed E-state index contributed by atoms with van der Waals surface area (Å²) in [6, 6.07) is 7.57. The Kier molecular flexibility index (Phi) is 1.62. The van der Waals surface area contributed by atoms with E-state index < -0.39 is 0 Å². The van der Waals surface area contributed by atoms with Crippen LogP contribution in [0.1, 0.15) is 24.8 Å². The van der Waals surface area contributed by atoms with Gasteiger partial charge in [0.25, 0.3) is 0 Å². The maximum atomic E-state index is 9.81. The van der Waals surface area contributed by atoms with E-state index in [0.29, 0.717) is 5.75 Å². The van der Waals surface area contributed by atoms with E-state index in [1.807, 2.05) is 18.2 Å². The van der Waals surface area contributed by atoms with Crippen molar-refractivity contribution in [1.29, 1.82) is 0 Å². The Morgan fingerprint density at radius 1 is 1.36 bits per heavy atom. The average Bonchev–Trinajstić information content (AvgIpc) is 2.79. The fraction of sp³-hybridized carbons (Fsp3) is 0.500. The zero-order valence-corrected chi connectivity index (χ0v) is 8.07. The molecule has 0 aromatic heterocycles.